The lowest BCUT2D eigenvalue weighted by atomic mass is 10.1. The summed E-state index contributed by atoms with van der Waals surface area (Å²) in [6.07, 6.45) is 0. The molecule has 1 aromatic carbocycles. The van der Waals surface area contributed by atoms with E-state index in [0.717, 1.165) is 21.7 Å². The van der Waals surface area contributed by atoms with Gasteiger partial charge in [0.15, 0.2) is 5.82 Å². The minimum Gasteiger partial charge on any atom is -0.308 e. The molecule has 2 aromatic rings. The highest BCUT2D eigenvalue weighted by Crippen LogP contribution is 2.28. The van der Waals surface area contributed by atoms with Gasteiger partial charge in [0.25, 0.3) is 0 Å². The Morgan fingerprint density at radius 3 is 2.61 bits per heavy atom. The van der Waals surface area contributed by atoms with Gasteiger partial charge in [-0.1, -0.05) is 37.9 Å². The van der Waals surface area contributed by atoms with E-state index in [1.807, 2.05) is 6.07 Å². The lowest BCUT2D eigenvalue weighted by Gasteiger charge is -2.14. The van der Waals surface area contributed by atoms with Gasteiger partial charge >= 0.3 is 0 Å². The number of alkyl halides is 1. The molecule has 0 radical (unpaired) electrons. The van der Waals surface area contributed by atoms with Gasteiger partial charge in [0.1, 0.15) is 5.82 Å². The Morgan fingerprint density at radius 1 is 1.28 bits per heavy atom. The fourth-order valence-electron chi connectivity index (χ4n) is 1.98. The molecule has 3 nitrogen and oxygen atoms in total. The molecule has 0 saturated heterocycles. The third kappa shape index (κ3) is 2.52. The molecule has 0 saturated carbocycles. The van der Waals surface area contributed by atoms with Gasteiger partial charge in [-0.25, -0.2) is 0 Å². The molecule has 2 rings (SSSR count). The molecule has 0 unspecified atom stereocenters. The summed E-state index contributed by atoms with van der Waals surface area (Å²) in [5.41, 5.74) is 2.33. The van der Waals surface area contributed by atoms with Gasteiger partial charge in [-0.15, -0.1) is 10.2 Å². The zero-order chi connectivity index (χ0) is 13.3. The van der Waals surface area contributed by atoms with Crippen LogP contribution in [0.5, 0.6) is 0 Å². The Morgan fingerprint density at radius 2 is 2.00 bits per heavy atom. The van der Waals surface area contributed by atoms with Crippen LogP contribution in [-0.4, -0.2) is 14.8 Å². The first-order chi connectivity index (χ1) is 8.54. The number of benzene rings is 1. The number of aromatic nitrogens is 3. The van der Waals surface area contributed by atoms with Crippen LogP contribution in [0.25, 0.3) is 11.4 Å². The van der Waals surface area contributed by atoms with E-state index in [9.17, 15) is 0 Å². The first-order valence-electron chi connectivity index (χ1n) is 5.81. The van der Waals surface area contributed by atoms with Crippen molar-refractivity contribution in [3.63, 3.8) is 0 Å². The zero-order valence-corrected chi connectivity index (χ0v) is 13.8. The molecule has 0 aliphatic rings. The van der Waals surface area contributed by atoms with Gasteiger partial charge in [0, 0.05) is 16.1 Å². The van der Waals surface area contributed by atoms with E-state index in [1.165, 1.54) is 5.56 Å². The molecule has 1 aromatic heterocycles. The first kappa shape index (κ1) is 13.7. The molecule has 0 aliphatic carbocycles. The molecular formula is C13H15Br2N3. The molecular weight excluding hydrogens is 358 g/mol. The summed E-state index contributed by atoms with van der Waals surface area (Å²) >= 11 is 6.98. The number of rotatable bonds is 3. The Bertz CT molecular complexity index is 561. The molecule has 0 N–H and O–H groups in total. The van der Waals surface area contributed by atoms with Crippen LogP contribution in [-0.2, 0) is 5.33 Å². The zero-order valence-electron chi connectivity index (χ0n) is 10.6. The summed E-state index contributed by atoms with van der Waals surface area (Å²) in [7, 11) is 0. The van der Waals surface area contributed by atoms with Crippen molar-refractivity contribution in [3.05, 3.63) is 34.1 Å². The standard InChI is InChI=1S/C13H15Br2N3/c1-8(2)18-12(7-14)16-17-13(18)11-6-10(15)5-4-9(11)3/h4-6,8H,7H2,1-3H3. The lowest BCUT2D eigenvalue weighted by Crippen LogP contribution is -2.07. The van der Waals surface area contributed by atoms with Crippen LogP contribution in [0.1, 0.15) is 31.3 Å². The summed E-state index contributed by atoms with van der Waals surface area (Å²) in [4.78, 5) is 0. The predicted molar refractivity (Wildman–Crippen MR) is 80.9 cm³/mol. The van der Waals surface area contributed by atoms with E-state index in [-0.39, 0.29) is 0 Å². The van der Waals surface area contributed by atoms with Crippen molar-refractivity contribution < 1.29 is 0 Å². The highest BCUT2D eigenvalue weighted by Gasteiger charge is 2.17. The van der Waals surface area contributed by atoms with Crippen molar-refractivity contribution in [1.82, 2.24) is 14.8 Å². The molecule has 1 heterocycles. The molecule has 18 heavy (non-hydrogen) atoms. The SMILES string of the molecule is Cc1ccc(Br)cc1-c1nnc(CBr)n1C(C)C. The molecule has 0 spiro atoms. The van der Waals surface area contributed by atoms with Gasteiger partial charge in [0.2, 0.25) is 0 Å². The Hall–Kier alpha value is -0.680. The number of aryl methyl sites for hydroxylation is 1. The molecule has 5 heteroatoms. The maximum Gasteiger partial charge on any atom is 0.164 e. The van der Waals surface area contributed by atoms with E-state index in [0.29, 0.717) is 11.4 Å². The van der Waals surface area contributed by atoms with Gasteiger partial charge in [-0.05, 0) is 38.5 Å². The fourth-order valence-corrected chi connectivity index (χ4v) is 2.72. The summed E-state index contributed by atoms with van der Waals surface area (Å²) in [6.45, 7) is 6.38. The van der Waals surface area contributed by atoms with Gasteiger partial charge < -0.3 is 4.57 Å². The van der Waals surface area contributed by atoms with Crippen molar-refractivity contribution in [2.24, 2.45) is 0 Å². The van der Waals surface area contributed by atoms with Crippen LogP contribution in [0.2, 0.25) is 0 Å². The van der Waals surface area contributed by atoms with Crippen molar-refractivity contribution in [1.29, 1.82) is 0 Å². The monoisotopic (exact) mass is 371 g/mol. The van der Waals surface area contributed by atoms with Crippen molar-refractivity contribution in [3.8, 4) is 11.4 Å². The average Bonchev–Trinajstić information content (AvgIpc) is 2.75. The van der Waals surface area contributed by atoms with E-state index in [1.54, 1.807) is 0 Å². The molecule has 0 atom stereocenters. The normalized spacial score (nSPS) is 11.2. The second-order valence-electron chi connectivity index (χ2n) is 4.50. The van der Waals surface area contributed by atoms with Crippen LogP contribution >= 0.6 is 31.9 Å². The Balaban J connectivity index is 2.63. The highest BCUT2D eigenvalue weighted by atomic mass is 79.9. The largest absolute Gasteiger partial charge is 0.308 e. The fraction of sp³-hybridized carbons (Fsp3) is 0.385. The second-order valence-corrected chi connectivity index (χ2v) is 5.97. The van der Waals surface area contributed by atoms with Crippen LogP contribution in [0.15, 0.2) is 22.7 Å². The topological polar surface area (TPSA) is 30.7 Å². The molecule has 0 aliphatic heterocycles. The third-order valence-electron chi connectivity index (χ3n) is 2.84. The minimum atomic E-state index is 0.334. The lowest BCUT2D eigenvalue weighted by molar-refractivity contribution is 0.586. The quantitative estimate of drug-likeness (QED) is 0.743. The minimum absolute atomic E-state index is 0.334. The molecule has 0 fully saturated rings. The van der Waals surface area contributed by atoms with Crippen LogP contribution in [0.4, 0.5) is 0 Å². The number of nitrogens with zero attached hydrogens (tertiary/aromatic N) is 3. The first-order valence-corrected chi connectivity index (χ1v) is 7.72. The van der Waals surface area contributed by atoms with Crippen LogP contribution in [0, 0.1) is 6.92 Å². The number of hydrogen-bond donors (Lipinski definition) is 0. The van der Waals surface area contributed by atoms with E-state index in [2.05, 4.69) is 79.5 Å². The Labute approximate surface area is 124 Å². The van der Waals surface area contributed by atoms with Crippen LogP contribution in [0.3, 0.4) is 0 Å². The smallest absolute Gasteiger partial charge is 0.164 e. The summed E-state index contributed by atoms with van der Waals surface area (Å²) in [6, 6.07) is 6.56. The van der Waals surface area contributed by atoms with Crippen LogP contribution < -0.4 is 0 Å². The number of halogens is 2. The highest BCUT2D eigenvalue weighted by molar-refractivity contribution is 9.10. The van der Waals surface area contributed by atoms with Gasteiger partial charge in [-0.2, -0.15) is 0 Å². The maximum absolute atomic E-state index is 4.34. The van der Waals surface area contributed by atoms with E-state index in [4.69, 9.17) is 0 Å². The molecule has 96 valence electrons. The van der Waals surface area contributed by atoms with Crippen molar-refractivity contribution in [2.75, 3.05) is 0 Å². The summed E-state index contributed by atoms with van der Waals surface area (Å²) in [5.74, 6) is 1.89. The number of hydrogen-bond acceptors (Lipinski definition) is 2. The summed E-state index contributed by atoms with van der Waals surface area (Å²) in [5, 5.41) is 9.31. The maximum atomic E-state index is 4.34. The Kier molecular flexibility index (Phi) is 4.22. The van der Waals surface area contributed by atoms with Gasteiger partial charge in [0.05, 0.1) is 5.33 Å². The predicted octanol–water partition coefficient (Wildman–Crippen LogP) is 4.49. The van der Waals surface area contributed by atoms with E-state index < -0.39 is 0 Å². The molecule has 0 amide bonds. The third-order valence-corrected chi connectivity index (χ3v) is 3.84. The average molecular weight is 373 g/mol. The van der Waals surface area contributed by atoms with E-state index >= 15 is 0 Å². The van der Waals surface area contributed by atoms with Gasteiger partial charge in [-0.3, -0.25) is 0 Å². The molecule has 0 bridgehead atoms. The second kappa shape index (κ2) is 5.53. The van der Waals surface area contributed by atoms with Crippen molar-refractivity contribution >= 4 is 31.9 Å². The van der Waals surface area contributed by atoms with Crippen molar-refractivity contribution in [2.45, 2.75) is 32.1 Å². The summed E-state index contributed by atoms with van der Waals surface area (Å²) < 4.78 is 3.23.